The van der Waals surface area contributed by atoms with Gasteiger partial charge in [-0.25, -0.2) is 0 Å². The Bertz CT molecular complexity index is 1060. The molecule has 1 fully saturated rings. The molecule has 2 amide bonds. The van der Waals surface area contributed by atoms with Gasteiger partial charge in [0.1, 0.15) is 5.75 Å². The molecule has 31 heavy (non-hydrogen) atoms. The summed E-state index contributed by atoms with van der Waals surface area (Å²) in [5.41, 5.74) is 8.26. The summed E-state index contributed by atoms with van der Waals surface area (Å²) in [6, 6.07) is 19.8. The van der Waals surface area contributed by atoms with Crippen molar-refractivity contribution in [2.45, 2.75) is 19.3 Å². The van der Waals surface area contributed by atoms with Crippen LogP contribution in [0.25, 0.3) is 10.4 Å². The van der Waals surface area contributed by atoms with E-state index in [1.165, 1.54) is 4.88 Å². The van der Waals surface area contributed by atoms with Crippen molar-refractivity contribution in [3.63, 3.8) is 0 Å². The summed E-state index contributed by atoms with van der Waals surface area (Å²) < 4.78 is 5.17. The summed E-state index contributed by atoms with van der Waals surface area (Å²) in [5, 5.41) is 2.05. The highest BCUT2D eigenvalue weighted by Gasteiger charge is 2.44. The molecular weight excluding hydrogens is 408 g/mol. The maximum atomic E-state index is 12.9. The number of hydrogen-bond acceptors (Lipinski definition) is 4. The molecule has 5 nitrogen and oxygen atoms in total. The molecule has 0 bridgehead atoms. The number of ether oxygens (including phenoxy) is 1. The van der Waals surface area contributed by atoms with Gasteiger partial charge in [-0.05, 0) is 53.1 Å². The smallest absolute Gasteiger partial charge is 0.227 e. The Morgan fingerprint density at radius 1 is 1.10 bits per heavy atom. The summed E-state index contributed by atoms with van der Waals surface area (Å²) in [4.78, 5) is 28.4. The molecule has 2 N–H and O–H groups in total. The third-order valence-electron chi connectivity index (χ3n) is 6.02. The van der Waals surface area contributed by atoms with Gasteiger partial charge < -0.3 is 15.4 Å². The Morgan fingerprint density at radius 3 is 2.58 bits per heavy atom. The molecule has 4 rings (SSSR count). The van der Waals surface area contributed by atoms with Gasteiger partial charge in [0.05, 0.1) is 18.9 Å². The minimum Gasteiger partial charge on any atom is -0.497 e. The Kier molecular flexibility index (Phi) is 6.09. The predicted octanol–water partition coefficient (Wildman–Crippen LogP) is 3.91. The number of nitrogens with zero attached hydrogens (tertiary/aromatic N) is 1. The van der Waals surface area contributed by atoms with Gasteiger partial charge in [-0.1, -0.05) is 42.5 Å². The van der Waals surface area contributed by atoms with Crippen molar-refractivity contribution < 1.29 is 14.3 Å². The highest BCUT2D eigenvalue weighted by Crippen LogP contribution is 2.36. The lowest BCUT2D eigenvalue weighted by molar-refractivity contribution is -0.131. The second kappa shape index (κ2) is 8.94. The molecule has 1 aliphatic rings. The molecule has 160 valence electrons. The van der Waals surface area contributed by atoms with Crippen LogP contribution in [0.4, 0.5) is 0 Å². The molecule has 2 aromatic carbocycles. The molecule has 1 unspecified atom stereocenters. The van der Waals surface area contributed by atoms with E-state index in [0.717, 1.165) is 22.4 Å². The molecule has 0 spiro atoms. The number of carbonyl (C=O) groups is 2. The van der Waals surface area contributed by atoms with Gasteiger partial charge in [-0.3, -0.25) is 9.59 Å². The zero-order chi connectivity index (χ0) is 21.8. The lowest BCUT2D eigenvalue weighted by Crippen LogP contribution is -2.42. The number of hydrogen-bond donors (Lipinski definition) is 1. The van der Waals surface area contributed by atoms with Crippen molar-refractivity contribution in [3.8, 4) is 16.2 Å². The standard InChI is InChI=1S/C25H26N2O3S/c1-30-21-9-7-18(8-10-21)15-23(28)27-12-11-25(17-27,24(26)29)16-19-4-2-5-20(14-19)22-6-3-13-31-22/h2-10,13-14H,11-12,15-17H2,1H3,(H2,26,29). The zero-order valence-corrected chi connectivity index (χ0v) is 18.4. The Morgan fingerprint density at radius 2 is 1.90 bits per heavy atom. The van der Waals surface area contributed by atoms with Gasteiger partial charge >= 0.3 is 0 Å². The largest absolute Gasteiger partial charge is 0.497 e. The van der Waals surface area contributed by atoms with E-state index in [0.29, 0.717) is 32.4 Å². The molecule has 1 aromatic heterocycles. The SMILES string of the molecule is COc1ccc(CC(=O)N2CCC(Cc3cccc(-c4cccs4)c3)(C(N)=O)C2)cc1. The van der Waals surface area contributed by atoms with Gasteiger partial charge in [0.25, 0.3) is 0 Å². The molecule has 2 heterocycles. The molecule has 0 radical (unpaired) electrons. The molecule has 1 aliphatic heterocycles. The Hall–Kier alpha value is -3.12. The molecule has 0 aliphatic carbocycles. The van der Waals surface area contributed by atoms with Crippen LogP contribution in [0.3, 0.4) is 0 Å². The number of primary amides is 1. The number of nitrogens with two attached hydrogens (primary N) is 1. The van der Waals surface area contributed by atoms with Gasteiger partial charge in [0.2, 0.25) is 11.8 Å². The third-order valence-corrected chi connectivity index (χ3v) is 6.94. The molecule has 6 heteroatoms. The van der Waals surface area contributed by atoms with Crippen molar-refractivity contribution in [2.24, 2.45) is 11.1 Å². The topological polar surface area (TPSA) is 72.6 Å². The average Bonchev–Trinajstić information content (AvgIpc) is 3.46. The van der Waals surface area contributed by atoms with Crippen molar-refractivity contribution in [1.82, 2.24) is 4.90 Å². The van der Waals surface area contributed by atoms with Crippen LogP contribution in [-0.4, -0.2) is 36.9 Å². The quantitative estimate of drug-likeness (QED) is 0.613. The number of rotatable bonds is 7. The fourth-order valence-electron chi connectivity index (χ4n) is 4.22. The predicted molar refractivity (Wildman–Crippen MR) is 123 cm³/mol. The third kappa shape index (κ3) is 4.64. The first-order valence-electron chi connectivity index (χ1n) is 10.3. The normalized spacial score (nSPS) is 18.2. The first kappa shape index (κ1) is 21.1. The van der Waals surface area contributed by atoms with Crippen molar-refractivity contribution in [1.29, 1.82) is 0 Å². The van der Waals surface area contributed by atoms with Crippen molar-refractivity contribution in [2.75, 3.05) is 20.2 Å². The van der Waals surface area contributed by atoms with E-state index in [9.17, 15) is 9.59 Å². The van der Waals surface area contributed by atoms with Gasteiger partial charge in [-0.2, -0.15) is 0 Å². The maximum Gasteiger partial charge on any atom is 0.227 e. The Balaban J connectivity index is 1.47. The van der Waals surface area contributed by atoms with E-state index in [-0.39, 0.29) is 11.8 Å². The van der Waals surface area contributed by atoms with E-state index in [1.54, 1.807) is 23.3 Å². The summed E-state index contributed by atoms with van der Waals surface area (Å²) in [5.74, 6) is 0.435. The average molecular weight is 435 g/mol. The molecule has 1 atom stereocenters. The van der Waals surface area contributed by atoms with Crippen molar-refractivity contribution in [3.05, 3.63) is 77.2 Å². The first-order chi connectivity index (χ1) is 15.0. The minimum atomic E-state index is -0.732. The summed E-state index contributed by atoms with van der Waals surface area (Å²) >= 11 is 1.69. The van der Waals surface area contributed by atoms with Crippen LogP contribution in [0.5, 0.6) is 5.75 Å². The number of likely N-dealkylation sites (tertiary alicyclic amines) is 1. The molecule has 3 aromatic rings. The minimum absolute atomic E-state index is 0.0145. The number of carbonyl (C=O) groups excluding carboxylic acids is 2. The second-order valence-corrected chi connectivity index (χ2v) is 9.04. The van der Waals surface area contributed by atoms with Crippen LogP contribution in [-0.2, 0) is 22.4 Å². The number of thiophene rings is 1. The van der Waals surface area contributed by atoms with E-state index in [2.05, 4.69) is 23.6 Å². The lowest BCUT2D eigenvalue weighted by atomic mass is 9.80. The number of methoxy groups -OCH3 is 1. The van der Waals surface area contributed by atoms with E-state index in [1.807, 2.05) is 42.5 Å². The van der Waals surface area contributed by atoms with Crippen LogP contribution < -0.4 is 10.5 Å². The maximum absolute atomic E-state index is 12.9. The van der Waals surface area contributed by atoms with Crippen LogP contribution in [0.1, 0.15) is 17.5 Å². The summed E-state index contributed by atoms with van der Waals surface area (Å²) in [6.07, 6.45) is 1.42. The number of benzene rings is 2. The second-order valence-electron chi connectivity index (χ2n) is 8.09. The fraction of sp³-hybridized carbons (Fsp3) is 0.280. The summed E-state index contributed by atoms with van der Waals surface area (Å²) in [6.45, 7) is 0.906. The Labute approximate surface area is 186 Å². The number of amides is 2. The highest BCUT2D eigenvalue weighted by atomic mass is 32.1. The highest BCUT2D eigenvalue weighted by molar-refractivity contribution is 7.13. The first-order valence-corrected chi connectivity index (χ1v) is 11.2. The van der Waals surface area contributed by atoms with E-state index >= 15 is 0 Å². The van der Waals surface area contributed by atoms with Gasteiger partial charge in [0.15, 0.2) is 0 Å². The van der Waals surface area contributed by atoms with Crippen LogP contribution in [0.2, 0.25) is 0 Å². The monoisotopic (exact) mass is 434 g/mol. The molecular formula is C25H26N2O3S. The van der Waals surface area contributed by atoms with Gasteiger partial charge in [-0.15, -0.1) is 11.3 Å². The van der Waals surface area contributed by atoms with Gasteiger partial charge in [0, 0.05) is 18.0 Å². The van der Waals surface area contributed by atoms with E-state index < -0.39 is 5.41 Å². The van der Waals surface area contributed by atoms with Crippen LogP contribution in [0, 0.1) is 5.41 Å². The van der Waals surface area contributed by atoms with Crippen LogP contribution >= 0.6 is 11.3 Å². The van der Waals surface area contributed by atoms with Crippen LogP contribution in [0.15, 0.2) is 66.0 Å². The fourth-order valence-corrected chi connectivity index (χ4v) is 4.94. The molecule has 1 saturated heterocycles. The van der Waals surface area contributed by atoms with Crippen molar-refractivity contribution >= 4 is 23.2 Å². The lowest BCUT2D eigenvalue weighted by Gasteiger charge is -2.26. The summed E-state index contributed by atoms with van der Waals surface area (Å²) in [7, 11) is 1.62. The molecule has 0 saturated carbocycles. The zero-order valence-electron chi connectivity index (χ0n) is 17.5. The van der Waals surface area contributed by atoms with E-state index in [4.69, 9.17) is 10.5 Å².